The maximum Gasteiger partial charge on any atom is 0.129 e. The second-order valence-corrected chi connectivity index (χ2v) is 1.46. The van der Waals surface area contributed by atoms with Crippen LogP contribution < -0.4 is 0 Å². The van der Waals surface area contributed by atoms with Crippen LogP contribution in [0.5, 0.6) is 0 Å². The van der Waals surface area contributed by atoms with Gasteiger partial charge in [0, 0.05) is 6.42 Å². The van der Waals surface area contributed by atoms with Crippen LogP contribution >= 0.6 is 0 Å². The number of hydrogen-bond acceptors (Lipinski definition) is 1. The van der Waals surface area contributed by atoms with Crippen LogP contribution in [-0.2, 0) is 4.79 Å². The molecule has 0 aliphatic rings. The molecule has 0 rings (SSSR count). The molecule has 0 bridgehead atoms. The highest BCUT2D eigenvalue weighted by atomic mass is 16.1. The van der Waals surface area contributed by atoms with Crippen LogP contribution in [-0.4, -0.2) is 5.78 Å². The summed E-state index contributed by atoms with van der Waals surface area (Å²) in [6, 6.07) is 0. The summed E-state index contributed by atoms with van der Waals surface area (Å²) in [7, 11) is 0. The third-order valence-corrected chi connectivity index (χ3v) is 0.498. The summed E-state index contributed by atoms with van der Waals surface area (Å²) in [5, 5.41) is 0. The maximum atomic E-state index is 9.81. The third-order valence-electron chi connectivity index (χ3n) is 0.498. The first-order chi connectivity index (χ1) is 3.68. The Morgan fingerprint density at radius 1 is 1.75 bits per heavy atom. The summed E-state index contributed by atoms with van der Waals surface area (Å²) < 4.78 is 0. The molecule has 0 aliphatic heterocycles. The quantitative estimate of drug-likeness (QED) is 0.477. The number of ketones is 1. The van der Waals surface area contributed by atoms with Crippen molar-refractivity contribution in [3.8, 4) is 0 Å². The van der Waals surface area contributed by atoms with E-state index in [1.54, 1.807) is 13.0 Å². The lowest BCUT2D eigenvalue weighted by Gasteiger charge is -1.71. The van der Waals surface area contributed by atoms with Crippen LogP contribution in [0.15, 0.2) is 12.7 Å². The predicted octanol–water partition coefficient (Wildman–Crippen LogP) is 2.18. The van der Waals surface area contributed by atoms with Gasteiger partial charge >= 0.3 is 0 Å². The fraction of sp³-hybridized carbons (Fsp3) is 0.571. The number of hydrogen-bond donors (Lipinski definition) is 0. The highest BCUT2D eigenvalue weighted by Gasteiger charge is 1.76. The van der Waals surface area contributed by atoms with E-state index in [1.807, 2.05) is 13.8 Å². The van der Waals surface area contributed by atoms with E-state index in [1.165, 1.54) is 0 Å². The van der Waals surface area contributed by atoms with Crippen molar-refractivity contribution < 1.29 is 4.79 Å². The van der Waals surface area contributed by atoms with E-state index in [4.69, 9.17) is 0 Å². The summed E-state index contributed by atoms with van der Waals surface area (Å²) in [6.07, 6.45) is 2.42. The van der Waals surface area contributed by atoms with Crippen molar-refractivity contribution in [2.24, 2.45) is 0 Å². The molecule has 0 aromatic heterocycles. The molecule has 0 heterocycles. The fourth-order valence-corrected chi connectivity index (χ4v) is 0. The van der Waals surface area contributed by atoms with Crippen molar-refractivity contribution in [2.75, 3.05) is 0 Å². The fourth-order valence-electron chi connectivity index (χ4n) is 0. The number of rotatable bonds is 1. The van der Waals surface area contributed by atoms with E-state index in [0.717, 1.165) is 0 Å². The van der Waals surface area contributed by atoms with Crippen LogP contribution in [0.4, 0.5) is 0 Å². The molecule has 0 saturated carbocycles. The maximum absolute atomic E-state index is 9.81. The van der Waals surface area contributed by atoms with E-state index in [9.17, 15) is 4.79 Å². The standard InChI is InChI=1S/C4H8O.C3H6/c1-3-4(2)5;1-3-2/h3H2,1-2H3;3H,1H2,2H3. The average molecular weight is 114 g/mol. The first kappa shape index (κ1) is 10.4. The summed E-state index contributed by atoms with van der Waals surface area (Å²) in [6.45, 7) is 8.68. The van der Waals surface area contributed by atoms with Crippen molar-refractivity contribution >= 4 is 5.78 Å². The minimum absolute atomic E-state index is 0.255. The Labute approximate surface area is 51.4 Å². The molecule has 0 amide bonds. The number of Topliss-reactive ketones (excluding diaryl/α,β-unsaturated/α-hetero) is 1. The van der Waals surface area contributed by atoms with Crippen LogP contribution in [0, 0.1) is 0 Å². The highest BCUT2D eigenvalue weighted by Crippen LogP contribution is 1.71. The zero-order valence-electron chi connectivity index (χ0n) is 5.90. The Hall–Kier alpha value is -0.590. The molecule has 8 heavy (non-hydrogen) atoms. The van der Waals surface area contributed by atoms with Crippen LogP contribution in [0.1, 0.15) is 27.2 Å². The Kier molecular flexibility index (Phi) is 12.5. The molecule has 0 saturated heterocycles. The molecule has 0 atom stereocenters. The molecule has 48 valence electrons. The van der Waals surface area contributed by atoms with Crippen molar-refractivity contribution in [1.82, 2.24) is 0 Å². The largest absolute Gasteiger partial charge is 0.300 e. The van der Waals surface area contributed by atoms with Crippen molar-refractivity contribution in [3.05, 3.63) is 12.7 Å². The van der Waals surface area contributed by atoms with Gasteiger partial charge in [0.05, 0.1) is 0 Å². The van der Waals surface area contributed by atoms with Gasteiger partial charge in [-0.05, 0) is 13.8 Å². The summed E-state index contributed by atoms with van der Waals surface area (Å²) in [5.74, 6) is 0.255. The summed E-state index contributed by atoms with van der Waals surface area (Å²) >= 11 is 0. The van der Waals surface area contributed by atoms with Gasteiger partial charge < -0.3 is 4.79 Å². The molecule has 0 radical (unpaired) electrons. The predicted molar refractivity (Wildman–Crippen MR) is 36.8 cm³/mol. The number of carbonyl (C=O) groups is 1. The molecule has 0 N–H and O–H groups in total. The highest BCUT2D eigenvalue weighted by molar-refractivity contribution is 5.74. The van der Waals surface area contributed by atoms with Crippen LogP contribution in [0.2, 0.25) is 0 Å². The van der Waals surface area contributed by atoms with Gasteiger partial charge in [0.2, 0.25) is 0 Å². The summed E-state index contributed by atoms with van der Waals surface area (Å²) in [4.78, 5) is 9.81. The molecule has 0 aromatic rings. The first-order valence-corrected chi connectivity index (χ1v) is 2.75. The monoisotopic (exact) mass is 114 g/mol. The van der Waals surface area contributed by atoms with Gasteiger partial charge in [0.1, 0.15) is 5.78 Å². The van der Waals surface area contributed by atoms with Gasteiger partial charge in [-0.1, -0.05) is 13.0 Å². The molecule has 1 nitrogen and oxygen atoms in total. The molecule has 0 aromatic carbocycles. The van der Waals surface area contributed by atoms with Gasteiger partial charge in [-0.2, -0.15) is 0 Å². The van der Waals surface area contributed by atoms with Gasteiger partial charge in [0.15, 0.2) is 0 Å². The zero-order valence-corrected chi connectivity index (χ0v) is 5.90. The average Bonchev–Trinajstić information content (AvgIpc) is 1.69. The van der Waals surface area contributed by atoms with E-state index in [0.29, 0.717) is 6.42 Å². The molecule has 1 heteroatoms. The molecular formula is C7H14O. The van der Waals surface area contributed by atoms with E-state index in [-0.39, 0.29) is 5.78 Å². The molecule has 0 fully saturated rings. The zero-order chi connectivity index (χ0) is 6.99. The molecular weight excluding hydrogens is 100 g/mol. The second kappa shape index (κ2) is 9.65. The molecule has 0 aliphatic carbocycles. The minimum Gasteiger partial charge on any atom is -0.300 e. The van der Waals surface area contributed by atoms with Gasteiger partial charge in [0.25, 0.3) is 0 Å². The van der Waals surface area contributed by atoms with E-state index in [2.05, 4.69) is 6.58 Å². The lowest BCUT2D eigenvalue weighted by Crippen LogP contribution is -1.80. The van der Waals surface area contributed by atoms with Gasteiger partial charge in [-0.25, -0.2) is 0 Å². The molecule has 0 unspecified atom stereocenters. The van der Waals surface area contributed by atoms with Crippen molar-refractivity contribution in [3.63, 3.8) is 0 Å². The van der Waals surface area contributed by atoms with E-state index < -0.39 is 0 Å². The Morgan fingerprint density at radius 3 is 1.88 bits per heavy atom. The lowest BCUT2D eigenvalue weighted by atomic mass is 10.4. The Balaban J connectivity index is 0. The normalized spacial score (nSPS) is 6.38. The van der Waals surface area contributed by atoms with Crippen LogP contribution in [0.3, 0.4) is 0 Å². The molecule has 0 spiro atoms. The smallest absolute Gasteiger partial charge is 0.129 e. The SMILES string of the molecule is C=CC.CCC(C)=O. The van der Waals surface area contributed by atoms with Crippen molar-refractivity contribution in [2.45, 2.75) is 27.2 Å². The third kappa shape index (κ3) is 52.9. The topological polar surface area (TPSA) is 17.1 Å². The summed E-state index contributed by atoms with van der Waals surface area (Å²) in [5.41, 5.74) is 0. The Bertz CT molecular complexity index is 64.8. The van der Waals surface area contributed by atoms with Crippen molar-refractivity contribution in [1.29, 1.82) is 0 Å². The second-order valence-electron chi connectivity index (χ2n) is 1.46. The lowest BCUT2D eigenvalue weighted by molar-refractivity contribution is -0.116. The number of carbonyl (C=O) groups excluding carboxylic acids is 1. The van der Waals surface area contributed by atoms with Gasteiger partial charge in [-0.3, -0.25) is 0 Å². The number of allylic oxidation sites excluding steroid dienone is 1. The minimum atomic E-state index is 0.255. The van der Waals surface area contributed by atoms with Crippen LogP contribution in [0.25, 0.3) is 0 Å². The Morgan fingerprint density at radius 2 is 1.88 bits per heavy atom. The first-order valence-electron chi connectivity index (χ1n) is 2.75. The van der Waals surface area contributed by atoms with Gasteiger partial charge in [-0.15, -0.1) is 6.58 Å². The van der Waals surface area contributed by atoms with E-state index >= 15 is 0 Å².